The smallest absolute Gasteiger partial charge is 0.351 e. The lowest BCUT2D eigenvalue weighted by molar-refractivity contribution is -0.183. The Balaban J connectivity index is 0.000000352. The van der Waals surface area contributed by atoms with Crippen LogP contribution in [0.4, 0.5) is 17.5 Å². The lowest BCUT2D eigenvalue weighted by Crippen LogP contribution is -2.47. The van der Waals surface area contributed by atoms with Crippen molar-refractivity contribution in [3.63, 3.8) is 0 Å². The molecule has 0 aromatic carbocycles. The van der Waals surface area contributed by atoms with Crippen LogP contribution in [-0.2, 0) is 52.3 Å². The summed E-state index contributed by atoms with van der Waals surface area (Å²) in [6.45, 7) is 11.7. The molecule has 8 N–H and O–H groups in total. The summed E-state index contributed by atoms with van der Waals surface area (Å²) in [7, 11) is 7.08. The first-order valence-electron chi connectivity index (χ1n) is 26.8. The van der Waals surface area contributed by atoms with Gasteiger partial charge >= 0.3 is 40.9 Å². The van der Waals surface area contributed by atoms with Gasteiger partial charge in [-0.1, -0.05) is 63.8 Å². The van der Waals surface area contributed by atoms with Gasteiger partial charge in [0.25, 0.3) is 0 Å². The highest BCUT2D eigenvalue weighted by molar-refractivity contribution is 5.75. The molecule has 6 heterocycles. The van der Waals surface area contributed by atoms with Gasteiger partial charge in [-0.25, -0.2) is 34.0 Å². The quantitative estimate of drug-likeness (QED) is 0.0187. The van der Waals surface area contributed by atoms with Gasteiger partial charge in [0.05, 0.1) is 37.2 Å². The summed E-state index contributed by atoms with van der Waals surface area (Å²) >= 11 is 0. The van der Waals surface area contributed by atoms with Crippen LogP contribution < -0.4 is 22.8 Å². The number of ether oxygens (including phenoxy) is 7. The maximum absolute atomic E-state index is 12.7. The lowest BCUT2D eigenvalue weighted by atomic mass is 9.97. The van der Waals surface area contributed by atoms with Gasteiger partial charge in [0.1, 0.15) is 62.1 Å². The number of anilines is 1. The molecule has 0 amide bonds. The predicted octanol–water partition coefficient (Wildman–Crippen LogP) is 0.782. The zero-order chi connectivity index (χ0) is 66.2. The molecule has 0 aliphatic carbocycles. The molecule has 3 aliphatic rings. The molecule has 3 fully saturated rings. The van der Waals surface area contributed by atoms with E-state index in [1.165, 1.54) is 63.3 Å². The van der Waals surface area contributed by atoms with E-state index in [4.69, 9.17) is 50.0 Å². The van der Waals surface area contributed by atoms with Gasteiger partial charge in [0.15, 0.2) is 17.4 Å². The molecule has 39 heteroatoms. The third-order valence-corrected chi connectivity index (χ3v) is 13.1. The van der Waals surface area contributed by atoms with E-state index in [-0.39, 0.29) is 22.9 Å². The second-order valence-corrected chi connectivity index (χ2v) is 21.3. The van der Waals surface area contributed by atoms with Gasteiger partial charge in [-0.3, -0.25) is 23.3 Å². The fourth-order valence-electron chi connectivity index (χ4n) is 8.53. The Labute approximate surface area is 506 Å². The first-order chi connectivity index (χ1) is 41.3. The van der Waals surface area contributed by atoms with Crippen LogP contribution in [0.1, 0.15) is 81.0 Å². The number of hydrogen-bond donors (Lipinski definition) is 5. The minimum absolute atomic E-state index is 0. The zero-order valence-electron chi connectivity index (χ0n) is 50.8. The number of nitrogens with zero attached hydrogens (tertiary/aromatic N) is 19. The van der Waals surface area contributed by atoms with Crippen molar-refractivity contribution >= 4 is 54.0 Å². The van der Waals surface area contributed by atoms with Crippen molar-refractivity contribution in [2.75, 3.05) is 53.7 Å². The number of carbonyl (C=O) groups is 4. The van der Waals surface area contributed by atoms with E-state index in [0.717, 1.165) is 13.7 Å². The number of aliphatic hydroxyl groups excluding tert-OH is 4. The highest BCUT2D eigenvalue weighted by Crippen LogP contribution is 2.46. The van der Waals surface area contributed by atoms with E-state index < -0.39 is 157 Å². The standard InChI is InChI=1S/C20H29N7O7.C17H24N6O7.C13H19N7O4.H2O/c1-11(2)17(29)32-9-20(24-25-21)15(33-18(30)13(4)28)12(3)16(34-20)27-8-7-14(23-19(27)31)22-10-26(5)6;1-8(2)14(25)28-7-17(21-22-19)12(29-15(26)10(4)24)9(3)13(30-17)23-6-5-11(18)20-16(23)27;1-8-10(22)13(6-21,17-18-14)24-11(8)20-5-4-9(16-12(20)23)15-7-19(2)3;/h7-8,10-13,15-16,28H,9H2,1-6H3;5-6,8-10,12-13,24H,7H2,1-4H3,(H2,18,20,27);4-5,7-8,10-11,21-22H,6H2,1-3H3;1H2/t12-,13?,15-,16+,20+;9-,10?,12-,13+,17+;8-,10-,11+,13+;/m000./s1. The number of hydrogen-bond acceptors (Lipinski definition) is 27. The van der Waals surface area contributed by atoms with Crippen LogP contribution in [0.25, 0.3) is 31.3 Å². The molecule has 0 bridgehead atoms. The summed E-state index contributed by atoms with van der Waals surface area (Å²) in [5.41, 5.74) is 24.6. The molecule has 39 nitrogen and oxygen atoms in total. The minimum atomic E-state index is -1.99. The van der Waals surface area contributed by atoms with Crippen molar-refractivity contribution in [2.45, 2.75) is 129 Å². The predicted molar refractivity (Wildman–Crippen MR) is 308 cm³/mol. The number of nitrogen functional groups attached to an aromatic ring is 1. The van der Waals surface area contributed by atoms with Crippen molar-refractivity contribution in [3.8, 4) is 0 Å². The van der Waals surface area contributed by atoms with Crippen molar-refractivity contribution in [3.05, 3.63) is 99.6 Å². The van der Waals surface area contributed by atoms with Crippen LogP contribution in [0.3, 0.4) is 0 Å². The van der Waals surface area contributed by atoms with Crippen LogP contribution in [0.2, 0.25) is 0 Å². The topological polar surface area (TPSA) is 553 Å². The summed E-state index contributed by atoms with van der Waals surface area (Å²) in [6, 6.07) is 4.34. The summed E-state index contributed by atoms with van der Waals surface area (Å²) < 4.78 is 41.9. The molecule has 3 aliphatic heterocycles. The first kappa shape index (κ1) is 74.1. The van der Waals surface area contributed by atoms with Crippen LogP contribution in [-0.4, -0.2) is 197 Å². The third kappa shape index (κ3) is 18.2. The van der Waals surface area contributed by atoms with Gasteiger partial charge < -0.3 is 74.6 Å². The van der Waals surface area contributed by atoms with Crippen molar-refractivity contribution in [1.29, 1.82) is 0 Å². The number of aliphatic hydroxyl groups is 4. The summed E-state index contributed by atoms with van der Waals surface area (Å²) in [5, 5.41) is 49.5. The Hall–Kier alpha value is -9.13. The van der Waals surface area contributed by atoms with Crippen LogP contribution >= 0.6 is 0 Å². The molecule has 0 radical (unpaired) electrons. The molecule has 3 aromatic heterocycles. The number of esters is 4. The second kappa shape index (κ2) is 32.2. The summed E-state index contributed by atoms with van der Waals surface area (Å²) in [4.78, 5) is 116. The highest BCUT2D eigenvalue weighted by Gasteiger charge is 2.59. The van der Waals surface area contributed by atoms with Crippen molar-refractivity contribution < 1.29 is 78.2 Å². The van der Waals surface area contributed by atoms with Gasteiger partial charge in [0.2, 0.25) is 11.4 Å². The SMILES string of the molecule is CC(C)C(=O)OC[C@@]1(N=[N+]=[N-])O[C@@H](n2ccc(N)nc2=O)[C@@H](C)[C@@H]1OC(=O)C(C)O.CC(C)C(=O)OC[C@@]1(N=[N+]=[N-])O[C@@H](n2ccc(N=CN(C)C)nc2=O)[C@@H](C)[C@@H]1OC(=O)C(C)O.C[C@@H]1[C@H](n2ccc(N=CN(C)C)nc2=O)O[C@@](CO)(N=[N+]=[N-])[C@H]1O.O. The maximum Gasteiger partial charge on any atom is 0.351 e. The normalized spacial score (nSPS) is 26.6. The summed E-state index contributed by atoms with van der Waals surface area (Å²) in [6.07, 6.45) is -2.84. The molecule has 6 rings (SSSR count). The average Bonchev–Trinajstić information content (AvgIpc) is 2.58. The maximum atomic E-state index is 12.7. The van der Waals surface area contributed by atoms with E-state index in [0.29, 0.717) is 0 Å². The average molecular weight is 1260 g/mol. The Morgan fingerprint density at radius 3 is 1.28 bits per heavy atom. The molecule has 2 unspecified atom stereocenters. The van der Waals surface area contributed by atoms with Crippen molar-refractivity contribution in [2.24, 2.45) is 54.9 Å². The Morgan fingerprint density at radius 1 is 0.629 bits per heavy atom. The van der Waals surface area contributed by atoms with Crippen LogP contribution in [0.5, 0.6) is 0 Å². The number of azide groups is 3. The molecule has 0 spiro atoms. The number of rotatable bonds is 21. The number of aliphatic imine (C=N–C) groups is 2. The second-order valence-electron chi connectivity index (χ2n) is 21.3. The number of aromatic nitrogens is 6. The Kier molecular flexibility index (Phi) is 26.8. The van der Waals surface area contributed by atoms with Crippen LogP contribution in [0, 0.1) is 29.6 Å². The molecule has 3 saturated heterocycles. The highest BCUT2D eigenvalue weighted by atomic mass is 16.6. The van der Waals surface area contributed by atoms with Gasteiger partial charge in [-0.15, -0.1) is 0 Å². The van der Waals surface area contributed by atoms with Gasteiger partial charge in [-0.05, 0) is 48.6 Å². The van der Waals surface area contributed by atoms with E-state index in [1.807, 2.05) is 0 Å². The first-order valence-corrected chi connectivity index (χ1v) is 26.8. The molecule has 3 aromatic rings. The van der Waals surface area contributed by atoms with Gasteiger partial charge in [0, 0.05) is 79.3 Å². The lowest BCUT2D eigenvalue weighted by Gasteiger charge is -2.30. The Morgan fingerprint density at radius 2 is 0.966 bits per heavy atom. The fraction of sp³-hybridized carbons (Fsp3) is 0.640. The minimum Gasteiger partial charge on any atom is -0.462 e. The van der Waals surface area contributed by atoms with Crippen molar-refractivity contribution in [1.82, 2.24) is 38.5 Å². The number of carbonyl (C=O) groups excluding carboxylic acids is 4. The fourth-order valence-corrected chi connectivity index (χ4v) is 8.53. The van der Waals surface area contributed by atoms with E-state index in [2.05, 4.69) is 55.0 Å². The van der Waals surface area contributed by atoms with E-state index in [1.54, 1.807) is 86.5 Å². The largest absolute Gasteiger partial charge is 0.462 e. The molecular weight excluding hydrogens is 1180 g/mol. The summed E-state index contributed by atoms with van der Waals surface area (Å²) in [5.74, 6) is -5.97. The number of nitrogens with two attached hydrogens (primary N) is 1. The molecule has 89 heavy (non-hydrogen) atoms. The van der Waals surface area contributed by atoms with E-state index >= 15 is 0 Å². The monoisotopic (exact) mass is 1260 g/mol. The molecule has 488 valence electrons. The zero-order valence-corrected chi connectivity index (χ0v) is 50.8. The molecule has 14 atom stereocenters. The molecule has 0 saturated carbocycles. The third-order valence-electron chi connectivity index (χ3n) is 13.1. The Bertz CT molecular complexity index is 3360. The van der Waals surface area contributed by atoms with Crippen LogP contribution in [0.15, 0.2) is 76.5 Å². The van der Waals surface area contributed by atoms with Gasteiger partial charge in [-0.2, -0.15) is 15.0 Å². The molecular formula is C50H74N20O19. The van der Waals surface area contributed by atoms with E-state index in [9.17, 15) is 59.5 Å².